The second kappa shape index (κ2) is 11.7. The fourth-order valence-corrected chi connectivity index (χ4v) is 0.862. The van der Waals surface area contributed by atoms with E-state index in [1.807, 2.05) is 11.8 Å². The summed E-state index contributed by atoms with van der Waals surface area (Å²) in [5.41, 5.74) is 5.23. The topological polar surface area (TPSA) is 26.0 Å². The van der Waals surface area contributed by atoms with E-state index in [0.29, 0.717) is 0 Å². The summed E-state index contributed by atoms with van der Waals surface area (Å²) >= 11 is 1.87. The summed E-state index contributed by atoms with van der Waals surface area (Å²) in [6.45, 7) is 4.49. The van der Waals surface area contributed by atoms with Crippen LogP contribution < -0.4 is 57.1 Å². The molecule has 0 spiro atoms. The van der Waals surface area contributed by atoms with Crippen LogP contribution in [0.15, 0.2) is 0 Å². The molecule has 0 amide bonds. The fourth-order valence-electron chi connectivity index (χ4n) is 0.287. The van der Waals surface area contributed by atoms with Gasteiger partial charge in [0.1, 0.15) is 0 Å². The van der Waals surface area contributed by atoms with Gasteiger partial charge in [0.2, 0.25) is 0 Å². The zero-order chi connectivity index (χ0) is 5.54. The van der Waals surface area contributed by atoms with Crippen molar-refractivity contribution in [2.45, 2.75) is 6.42 Å². The molecule has 0 saturated carbocycles. The molecular weight excluding hydrogens is 145 g/mol. The first kappa shape index (κ1) is 12.6. The van der Waals surface area contributed by atoms with Gasteiger partial charge in [0.05, 0.1) is 0 Å². The van der Waals surface area contributed by atoms with Crippen molar-refractivity contribution in [2.24, 2.45) is 5.73 Å². The largest absolute Gasteiger partial charge is 1.00 e. The van der Waals surface area contributed by atoms with E-state index in [9.17, 15) is 0 Å². The van der Waals surface area contributed by atoms with E-state index < -0.39 is 0 Å². The molecule has 0 aromatic carbocycles. The summed E-state index contributed by atoms with van der Waals surface area (Å²) < 4.78 is 0. The van der Waals surface area contributed by atoms with Crippen molar-refractivity contribution < 1.29 is 51.4 Å². The molecule has 0 radical (unpaired) electrons. The molecule has 0 aliphatic rings. The maximum Gasteiger partial charge on any atom is 1.00 e. The summed E-state index contributed by atoms with van der Waals surface area (Å²) in [7, 11) is 0. The Hall–Kier alpha value is 1.95. The van der Waals surface area contributed by atoms with Gasteiger partial charge in [-0.2, -0.15) is 18.2 Å². The van der Waals surface area contributed by atoms with Crippen molar-refractivity contribution in [3.63, 3.8) is 0 Å². The molecule has 1 nitrogen and oxygen atoms in total. The van der Waals surface area contributed by atoms with Crippen LogP contribution in [0.25, 0.3) is 0 Å². The minimum atomic E-state index is 0. The van der Waals surface area contributed by atoms with E-state index in [4.69, 9.17) is 5.73 Å². The summed E-state index contributed by atoms with van der Waals surface area (Å²) in [6.07, 6.45) is 1.02. The van der Waals surface area contributed by atoms with Gasteiger partial charge in [-0.05, 0) is 5.75 Å². The van der Waals surface area contributed by atoms with E-state index in [1.54, 1.807) is 0 Å². The van der Waals surface area contributed by atoms with E-state index in [0.717, 1.165) is 24.5 Å². The normalized spacial score (nSPS) is 8.25. The van der Waals surface area contributed by atoms with Gasteiger partial charge in [0.25, 0.3) is 0 Å². The van der Waals surface area contributed by atoms with Gasteiger partial charge in [0, 0.05) is 12.3 Å². The Morgan fingerprint density at radius 3 is 2.38 bits per heavy atom. The van der Waals surface area contributed by atoms with Gasteiger partial charge in [-0.15, -0.1) is 0 Å². The first-order valence-electron chi connectivity index (χ1n) is 2.49. The molecule has 8 heavy (non-hydrogen) atoms. The maximum atomic E-state index is 5.23. The molecule has 0 aliphatic carbocycles. The summed E-state index contributed by atoms with van der Waals surface area (Å²) in [5, 5.41) is 0. The predicted octanol–water partition coefficient (Wildman–Crippen LogP) is -2.09. The smallest absolute Gasteiger partial charge is 0.343 e. The van der Waals surface area contributed by atoms with Crippen LogP contribution in [-0.2, 0) is 0 Å². The Morgan fingerprint density at radius 1 is 1.38 bits per heavy atom. The zero-order valence-electron chi connectivity index (χ0n) is 5.52. The van der Waals surface area contributed by atoms with Crippen LogP contribution in [0, 0.1) is 6.92 Å². The molecule has 0 fully saturated rings. The van der Waals surface area contributed by atoms with Gasteiger partial charge < -0.3 is 12.7 Å². The van der Waals surface area contributed by atoms with Gasteiger partial charge in [-0.1, -0.05) is 0 Å². The average molecular weight is 157 g/mol. The maximum absolute atomic E-state index is 5.23. The molecule has 0 unspecified atom stereocenters. The Labute approximate surface area is 98.6 Å². The number of rotatable bonds is 4. The van der Waals surface area contributed by atoms with Crippen LogP contribution in [0.1, 0.15) is 6.42 Å². The predicted molar refractivity (Wildman–Crippen MR) is 36.4 cm³/mol. The third-order valence-electron chi connectivity index (χ3n) is 0.551. The monoisotopic (exact) mass is 157 g/mol. The second-order valence-corrected chi connectivity index (χ2v) is 2.48. The Balaban J connectivity index is 0. The van der Waals surface area contributed by atoms with Gasteiger partial charge in [-0.3, -0.25) is 0 Å². The van der Waals surface area contributed by atoms with Crippen LogP contribution in [0.3, 0.4) is 0 Å². The number of thioether (sulfide) groups is 1. The molecule has 44 valence electrons. The van der Waals surface area contributed by atoms with Gasteiger partial charge in [0.15, 0.2) is 0 Å². The molecule has 0 saturated heterocycles. The number of hydrogen-bond acceptors (Lipinski definition) is 2. The quantitative estimate of drug-likeness (QED) is 0.288. The van der Waals surface area contributed by atoms with Crippen molar-refractivity contribution >= 4 is 11.8 Å². The molecular formula is C5H12KNS. The minimum Gasteiger partial charge on any atom is -0.343 e. The SMILES string of the molecule is [CH2-]CCSCCN.[K+]. The van der Waals surface area contributed by atoms with E-state index >= 15 is 0 Å². The molecule has 0 aromatic heterocycles. The van der Waals surface area contributed by atoms with Crippen LogP contribution in [-0.4, -0.2) is 18.1 Å². The molecule has 0 aliphatic heterocycles. The molecule has 0 heterocycles. The summed E-state index contributed by atoms with van der Waals surface area (Å²) in [4.78, 5) is 0. The minimum absolute atomic E-state index is 0. The van der Waals surface area contributed by atoms with E-state index in [-0.39, 0.29) is 51.4 Å². The van der Waals surface area contributed by atoms with Crippen molar-refractivity contribution in [3.05, 3.63) is 6.92 Å². The van der Waals surface area contributed by atoms with E-state index in [1.165, 1.54) is 0 Å². The summed E-state index contributed by atoms with van der Waals surface area (Å²) in [6, 6.07) is 0. The Bertz CT molecular complexity index is 31.6. The molecule has 0 bridgehead atoms. The molecule has 0 aromatic rings. The molecule has 2 N–H and O–H groups in total. The van der Waals surface area contributed by atoms with Gasteiger partial charge >= 0.3 is 51.4 Å². The zero-order valence-corrected chi connectivity index (χ0v) is 9.46. The summed E-state index contributed by atoms with van der Waals surface area (Å²) in [5.74, 6) is 2.23. The number of nitrogens with two attached hydrogens (primary N) is 1. The fraction of sp³-hybridized carbons (Fsp3) is 0.800. The van der Waals surface area contributed by atoms with Crippen LogP contribution in [0.4, 0.5) is 0 Å². The Kier molecular flexibility index (Phi) is 18.5. The standard InChI is InChI=1S/C5H12NS.K/c1-2-4-7-5-3-6;/h1-6H2;/q-1;+1. The Morgan fingerprint density at radius 2 is 2.00 bits per heavy atom. The van der Waals surface area contributed by atoms with Crippen LogP contribution >= 0.6 is 11.8 Å². The van der Waals surface area contributed by atoms with Crippen molar-refractivity contribution in [3.8, 4) is 0 Å². The molecule has 3 heteroatoms. The molecule has 0 rings (SSSR count). The first-order valence-corrected chi connectivity index (χ1v) is 3.64. The average Bonchev–Trinajstić information content (AvgIpc) is 1.69. The van der Waals surface area contributed by atoms with Crippen molar-refractivity contribution in [1.29, 1.82) is 0 Å². The van der Waals surface area contributed by atoms with E-state index in [2.05, 4.69) is 6.92 Å². The third kappa shape index (κ3) is 10.8. The first-order chi connectivity index (χ1) is 3.41. The van der Waals surface area contributed by atoms with Crippen LogP contribution in [0.2, 0.25) is 0 Å². The van der Waals surface area contributed by atoms with Crippen molar-refractivity contribution in [2.75, 3.05) is 18.1 Å². The van der Waals surface area contributed by atoms with Crippen LogP contribution in [0.5, 0.6) is 0 Å². The van der Waals surface area contributed by atoms with Gasteiger partial charge in [-0.25, -0.2) is 0 Å². The van der Waals surface area contributed by atoms with Crippen molar-refractivity contribution in [1.82, 2.24) is 0 Å². The number of hydrogen-bond donors (Lipinski definition) is 1. The molecule has 0 atom stereocenters. The second-order valence-electron chi connectivity index (χ2n) is 1.25. The third-order valence-corrected chi connectivity index (χ3v) is 1.65.